The number of hydrogen-bond donors (Lipinski definition) is 0. The van der Waals surface area contributed by atoms with Crippen LogP contribution in [0.15, 0.2) is 66.8 Å². The molecule has 1 amide bonds. The molecule has 0 radical (unpaired) electrons. The van der Waals surface area contributed by atoms with Crippen LogP contribution in [0.25, 0.3) is 5.57 Å². The van der Waals surface area contributed by atoms with Gasteiger partial charge in [0.2, 0.25) is 5.91 Å². The minimum absolute atomic E-state index is 0.0164. The Balaban J connectivity index is 1.56. The molecule has 0 bridgehead atoms. The molecule has 33 heavy (non-hydrogen) atoms. The zero-order valence-electron chi connectivity index (χ0n) is 19.8. The molecule has 3 heteroatoms. The summed E-state index contributed by atoms with van der Waals surface area (Å²) in [7, 11) is 0. The molecule has 2 aliphatic heterocycles. The molecular formula is C30H35NO2. The first kappa shape index (κ1) is 22.2. The average Bonchev–Trinajstić information content (AvgIpc) is 3.25. The number of nitrogens with zero attached hydrogens (tertiary/aromatic N) is 1. The van der Waals surface area contributed by atoms with Crippen molar-refractivity contribution in [1.29, 1.82) is 0 Å². The second-order valence-electron chi connectivity index (χ2n) is 9.74. The van der Waals surface area contributed by atoms with Crippen molar-refractivity contribution >= 4 is 11.5 Å². The van der Waals surface area contributed by atoms with E-state index < -0.39 is 0 Å². The number of carbonyl (C=O) groups excluding carboxylic acids is 1. The van der Waals surface area contributed by atoms with Crippen LogP contribution < -0.4 is 0 Å². The first-order valence-electron chi connectivity index (χ1n) is 12.6. The van der Waals surface area contributed by atoms with Gasteiger partial charge in [0.15, 0.2) is 0 Å². The maximum atomic E-state index is 13.3. The van der Waals surface area contributed by atoms with Gasteiger partial charge in [-0.25, -0.2) is 0 Å². The zero-order valence-corrected chi connectivity index (χ0v) is 19.8. The molecule has 5 rings (SSSR count). The Labute approximate surface area is 198 Å². The van der Waals surface area contributed by atoms with E-state index in [1.807, 2.05) is 0 Å². The van der Waals surface area contributed by atoms with Crippen LogP contribution in [-0.4, -0.2) is 30.1 Å². The molecule has 2 heterocycles. The third kappa shape index (κ3) is 4.19. The highest BCUT2D eigenvalue weighted by Crippen LogP contribution is 2.49. The summed E-state index contributed by atoms with van der Waals surface area (Å²) >= 11 is 0. The van der Waals surface area contributed by atoms with E-state index in [1.54, 1.807) is 0 Å². The standard InChI is InChI=1S/C30H35NO2/c1-3-5-9-25-20-27-26-10-7-6-8-24(26)19-28(27)30(31(25)29(32)4-2)23-13-11-21(12-14-23)22-15-17-33-18-16-22/h4,6-8,10-14,22,25,30H,2-3,5,9,15-20H2,1H3/t25-,30-/m0/s1. The first-order chi connectivity index (χ1) is 16.2. The quantitative estimate of drug-likeness (QED) is 0.472. The molecule has 1 aliphatic carbocycles. The molecule has 0 saturated carbocycles. The van der Waals surface area contributed by atoms with Gasteiger partial charge in [-0.3, -0.25) is 4.79 Å². The van der Waals surface area contributed by atoms with Gasteiger partial charge in [0, 0.05) is 19.3 Å². The van der Waals surface area contributed by atoms with Gasteiger partial charge in [0.25, 0.3) is 0 Å². The van der Waals surface area contributed by atoms with Crippen molar-refractivity contribution in [3.05, 3.63) is 89.0 Å². The second-order valence-corrected chi connectivity index (χ2v) is 9.74. The van der Waals surface area contributed by atoms with Crippen molar-refractivity contribution in [3.63, 3.8) is 0 Å². The monoisotopic (exact) mass is 441 g/mol. The number of rotatable bonds is 6. The Kier molecular flexibility index (Phi) is 6.50. The number of ether oxygens (including phenoxy) is 1. The highest BCUT2D eigenvalue weighted by atomic mass is 16.5. The predicted octanol–water partition coefficient (Wildman–Crippen LogP) is 6.61. The minimum Gasteiger partial charge on any atom is -0.381 e. The fourth-order valence-corrected chi connectivity index (χ4v) is 6.11. The average molecular weight is 442 g/mol. The predicted molar refractivity (Wildman–Crippen MR) is 134 cm³/mol. The largest absolute Gasteiger partial charge is 0.381 e. The van der Waals surface area contributed by atoms with Crippen molar-refractivity contribution in [2.75, 3.05) is 13.2 Å². The van der Waals surface area contributed by atoms with E-state index in [0.29, 0.717) is 5.92 Å². The molecule has 2 aromatic carbocycles. The number of unbranched alkanes of at least 4 members (excludes halogenated alkanes) is 1. The first-order valence-corrected chi connectivity index (χ1v) is 12.6. The summed E-state index contributed by atoms with van der Waals surface area (Å²) in [6.45, 7) is 7.79. The second kappa shape index (κ2) is 9.69. The molecule has 3 aliphatic rings. The van der Waals surface area contributed by atoms with E-state index in [0.717, 1.165) is 58.2 Å². The number of carbonyl (C=O) groups is 1. The van der Waals surface area contributed by atoms with Crippen LogP contribution in [0.2, 0.25) is 0 Å². The van der Waals surface area contributed by atoms with E-state index in [-0.39, 0.29) is 18.0 Å². The van der Waals surface area contributed by atoms with Crippen molar-refractivity contribution in [3.8, 4) is 0 Å². The SMILES string of the molecule is C=CC(=O)N1[C@@H](CCCC)CC2=C(Cc3ccccc32)[C@@H]1c1ccc(C2CCOCC2)cc1. The van der Waals surface area contributed by atoms with Crippen LogP contribution in [0.5, 0.6) is 0 Å². The summed E-state index contributed by atoms with van der Waals surface area (Å²) in [5, 5.41) is 0. The Morgan fingerprint density at radius 1 is 1.09 bits per heavy atom. The lowest BCUT2D eigenvalue weighted by Crippen LogP contribution is -2.45. The molecule has 0 unspecified atom stereocenters. The van der Waals surface area contributed by atoms with E-state index in [1.165, 1.54) is 39.5 Å². The topological polar surface area (TPSA) is 29.5 Å². The van der Waals surface area contributed by atoms with Gasteiger partial charge in [0.05, 0.1) is 6.04 Å². The lowest BCUT2D eigenvalue weighted by Gasteiger charge is -2.43. The van der Waals surface area contributed by atoms with Crippen molar-refractivity contribution in [2.45, 2.75) is 69.9 Å². The van der Waals surface area contributed by atoms with E-state index in [2.05, 4.69) is 66.9 Å². The molecule has 0 spiro atoms. The van der Waals surface area contributed by atoms with Crippen LogP contribution in [0, 0.1) is 0 Å². The van der Waals surface area contributed by atoms with Crippen LogP contribution in [0.4, 0.5) is 0 Å². The molecular weight excluding hydrogens is 406 g/mol. The Morgan fingerprint density at radius 3 is 2.55 bits per heavy atom. The van der Waals surface area contributed by atoms with E-state index >= 15 is 0 Å². The fourth-order valence-electron chi connectivity index (χ4n) is 6.11. The highest BCUT2D eigenvalue weighted by Gasteiger charge is 2.41. The molecule has 2 aromatic rings. The molecule has 172 valence electrons. The van der Waals surface area contributed by atoms with Gasteiger partial charge < -0.3 is 9.64 Å². The van der Waals surface area contributed by atoms with Crippen LogP contribution in [-0.2, 0) is 16.0 Å². The molecule has 0 aromatic heterocycles. The lowest BCUT2D eigenvalue weighted by molar-refractivity contribution is -0.130. The summed E-state index contributed by atoms with van der Waals surface area (Å²) in [5.74, 6) is 0.630. The Hall–Kier alpha value is -2.65. The van der Waals surface area contributed by atoms with Crippen LogP contribution in [0.1, 0.15) is 79.7 Å². The fraction of sp³-hybridized carbons (Fsp3) is 0.433. The molecule has 1 fully saturated rings. The van der Waals surface area contributed by atoms with E-state index in [4.69, 9.17) is 4.74 Å². The molecule has 0 N–H and O–H groups in total. The lowest BCUT2D eigenvalue weighted by atomic mass is 9.82. The van der Waals surface area contributed by atoms with Gasteiger partial charge in [-0.2, -0.15) is 0 Å². The molecule has 2 atom stereocenters. The van der Waals surface area contributed by atoms with Crippen molar-refractivity contribution in [1.82, 2.24) is 4.90 Å². The number of benzene rings is 2. The van der Waals surface area contributed by atoms with Crippen molar-refractivity contribution < 1.29 is 9.53 Å². The number of amides is 1. The Bertz CT molecular complexity index is 1050. The van der Waals surface area contributed by atoms with E-state index in [9.17, 15) is 4.79 Å². The summed E-state index contributed by atoms with van der Waals surface area (Å²) in [6.07, 6.45) is 8.87. The zero-order chi connectivity index (χ0) is 22.8. The van der Waals surface area contributed by atoms with Gasteiger partial charge >= 0.3 is 0 Å². The van der Waals surface area contributed by atoms with Gasteiger partial charge in [0.1, 0.15) is 0 Å². The van der Waals surface area contributed by atoms with Crippen LogP contribution in [0.3, 0.4) is 0 Å². The number of hydrogen-bond acceptors (Lipinski definition) is 2. The summed E-state index contributed by atoms with van der Waals surface area (Å²) in [5.41, 5.74) is 8.28. The van der Waals surface area contributed by atoms with Crippen molar-refractivity contribution in [2.24, 2.45) is 0 Å². The molecule has 3 nitrogen and oxygen atoms in total. The Morgan fingerprint density at radius 2 is 1.82 bits per heavy atom. The minimum atomic E-state index is -0.0164. The third-order valence-corrected chi connectivity index (χ3v) is 7.82. The maximum absolute atomic E-state index is 13.3. The normalized spacial score (nSPS) is 22.8. The third-order valence-electron chi connectivity index (χ3n) is 7.82. The molecule has 1 saturated heterocycles. The highest BCUT2D eigenvalue weighted by molar-refractivity contribution is 5.90. The summed E-state index contributed by atoms with van der Waals surface area (Å²) in [4.78, 5) is 15.4. The van der Waals surface area contributed by atoms with Gasteiger partial charge in [-0.05, 0) is 77.5 Å². The smallest absolute Gasteiger partial charge is 0.246 e. The van der Waals surface area contributed by atoms with Gasteiger partial charge in [-0.1, -0.05) is 74.9 Å². The summed E-state index contributed by atoms with van der Waals surface area (Å²) < 4.78 is 5.56. The summed E-state index contributed by atoms with van der Waals surface area (Å²) in [6, 6.07) is 18.1. The van der Waals surface area contributed by atoms with Crippen LogP contribution >= 0.6 is 0 Å². The maximum Gasteiger partial charge on any atom is 0.246 e. The number of fused-ring (bicyclic) bond motifs is 2. The van der Waals surface area contributed by atoms with Gasteiger partial charge in [-0.15, -0.1) is 0 Å².